The largest absolute Gasteiger partial charge is 0.573 e. The van der Waals surface area contributed by atoms with Crippen LogP contribution in [0.5, 0.6) is 11.6 Å². The molecule has 2 aliphatic heterocycles. The van der Waals surface area contributed by atoms with Crippen LogP contribution in [0.1, 0.15) is 99.3 Å². The van der Waals surface area contributed by atoms with Crippen molar-refractivity contribution in [3.05, 3.63) is 101 Å². The molecule has 5 aromatic rings. The molecule has 24 heteroatoms. The Morgan fingerprint density at radius 2 is 1.61 bits per heavy atom. The van der Waals surface area contributed by atoms with E-state index in [9.17, 15) is 47.0 Å². The van der Waals surface area contributed by atoms with Gasteiger partial charge in [-0.3, -0.25) is 28.8 Å². The van der Waals surface area contributed by atoms with Crippen LogP contribution >= 0.6 is 11.3 Å². The van der Waals surface area contributed by atoms with Crippen molar-refractivity contribution in [2.75, 3.05) is 26.2 Å². The van der Waals surface area contributed by atoms with Crippen LogP contribution in [0, 0.1) is 12.3 Å². The number of thiazole rings is 1. The monoisotopic (exact) mass is 1120 g/mol. The number of piperidine rings is 1. The number of aryl methyl sites for hydroxylation is 2. The molecule has 79 heavy (non-hydrogen) atoms. The zero-order chi connectivity index (χ0) is 57.0. The van der Waals surface area contributed by atoms with Crippen LogP contribution in [0.15, 0.2) is 78.8 Å². The highest BCUT2D eigenvalue weighted by Crippen LogP contribution is 2.31. The Labute approximate surface area is 458 Å². The van der Waals surface area contributed by atoms with Gasteiger partial charge in [0.15, 0.2) is 6.17 Å². The molecule has 1 unspecified atom stereocenters. The van der Waals surface area contributed by atoms with Gasteiger partial charge in [-0.05, 0) is 66.5 Å². The molecule has 424 valence electrons. The highest BCUT2D eigenvalue weighted by Gasteiger charge is 2.44. The lowest BCUT2D eigenvalue weighted by atomic mass is 9.85. The van der Waals surface area contributed by atoms with Crippen molar-refractivity contribution in [3.63, 3.8) is 0 Å². The molecule has 5 heterocycles. The minimum atomic E-state index is -4.85. The number of unbranched alkanes of at least 4 members (excludes halogenated alkanes) is 2. The van der Waals surface area contributed by atoms with Gasteiger partial charge in [0.05, 0.1) is 47.2 Å². The number of amides is 6. The maximum absolute atomic E-state index is 15.4. The summed E-state index contributed by atoms with van der Waals surface area (Å²) in [5.41, 5.74) is 10.8. The van der Waals surface area contributed by atoms with E-state index in [1.165, 1.54) is 34.2 Å². The number of aliphatic hydroxyl groups is 1. The predicted molar refractivity (Wildman–Crippen MR) is 284 cm³/mol. The highest BCUT2D eigenvalue weighted by molar-refractivity contribution is 7.13. The third-order valence-corrected chi connectivity index (χ3v) is 14.6. The van der Waals surface area contributed by atoms with Crippen molar-refractivity contribution in [1.82, 2.24) is 45.3 Å². The molecule has 2 aromatic carbocycles. The molecule has 0 saturated carbocycles. The van der Waals surface area contributed by atoms with Gasteiger partial charge < -0.3 is 50.6 Å². The first-order valence-electron chi connectivity index (χ1n) is 26.1. The normalized spacial score (nSPS) is 17.9. The van der Waals surface area contributed by atoms with Gasteiger partial charge in [0.25, 0.3) is 5.91 Å². The van der Waals surface area contributed by atoms with E-state index in [2.05, 4.69) is 35.6 Å². The number of aliphatic hydroxyl groups excluding tert-OH is 1. The number of imidazole rings is 1. The molecule has 0 aliphatic carbocycles. The van der Waals surface area contributed by atoms with Gasteiger partial charge in [0.2, 0.25) is 35.4 Å². The Kier molecular flexibility index (Phi) is 19.8. The first-order valence-corrected chi connectivity index (χ1v) is 27.0. The average Bonchev–Trinajstić information content (AvgIpc) is 4.23. The SMILES string of the molecule is Cc1ncsc1-c1ccc(CNC(=O)C2C[C@@H](O)CN2C(=O)[C@@H](NC(=O)CCCCCNC(=O)CCCn2cnc(-c3cnc(O[C@@H]4CCN(C(=O)Cc5ccc(OC(F)(F)F)cc5)C[C@H]4F)c(C(N)=O)c3)c2)C(C)(C)C)cc1. The summed E-state index contributed by atoms with van der Waals surface area (Å²) in [4.78, 5) is 95.5. The number of carbonyl (C=O) groups excluding carboxylic acids is 6. The number of aromatic nitrogens is 4. The highest BCUT2D eigenvalue weighted by atomic mass is 32.1. The number of nitrogens with zero attached hydrogens (tertiary/aromatic N) is 6. The van der Waals surface area contributed by atoms with E-state index in [4.69, 9.17) is 10.5 Å². The minimum absolute atomic E-state index is 0.0311. The second kappa shape index (κ2) is 26.5. The van der Waals surface area contributed by atoms with Gasteiger partial charge in [-0.2, -0.15) is 0 Å². The number of alkyl halides is 4. The molecular weight excluding hydrogens is 1050 g/mol. The van der Waals surface area contributed by atoms with Crippen LogP contribution in [-0.4, -0.2) is 133 Å². The van der Waals surface area contributed by atoms with Crippen molar-refractivity contribution < 1.29 is 60.9 Å². The number of hydrogen-bond donors (Lipinski definition) is 5. The van der Waals surface area contributed by atoms with Crippen LogP contribution in [-0.2, 0) is 43.5 Å². The zero-order valence-electron chi connectivity index (χ0n) is 44.4. The summed E-state index contributed by atoms with van der Waals surface area (Å²) < 4.78 is 64.4. The van der Waals surface area contributed by atoms with Crippen molar-refractivity contribution >= 4 is 46.8 Å². The van der Waals surface area contributed by atoms with Crippen molar-refractivity contribution in [2.24, 2.45) is 11.1 Å². The molecule has 7 rings (SSSR count). The average molecular weight is 1120 g/mol. The van der Waals surface area contributed by atoms with Gasteiger partial charge in [-0.25, -0.2) is 19.3 Å². The van der Waals surface area contributed by atoms with Crippen LogP contribution in [0.25, 0.3) is 21.7 Å². The molecule has 2 fully saturated rings. The number of primary amides is 1. The molecule has 5 atom stereocenters. The number of nitrogens with two attached hydrogens (primary N) is 1. The lowest BCUT2D eigenvalue weighted by Gasteiger charge is -2.35. The van der Waals surface area contributed by atoms with Gasteiger partial charge in [-0.15, -0.1) is 24.5 Å². The minimum Gasteiger partial charge on any atom is -0.471 e. The topological polar surface area (TPSA) is 253 Å². The predicted octanol–water partition coefficient (Wildman–Crippen LogP) is 6.20. The molecule has 6 amide bonds. The number of pyridine rings is 1. The van der Waals surface area contributed by atoms with Crippen LogP contribution < -0.4 is 31.2 Å². The van der Waals surface area contributed by atoms with Crippen molar-refractivity contribution in [3.8, 4) is 33.3 Å². The van der Waals surface area contributed by atoms with Gasteiger partial charge in [0, 0.05) is 76.4 Å². The molecule has 3 aromatic heterocycles. The summed E-state index contributed by atoms with van der Waals surface area (Å²) in [7, 11) is 0. The zero-order valence-corrected chi connectivity index (χ0v) is 45.2. The number of ether oxygens (including phenoxy) is 2. The Balaban J connectivity index is 0.784. The van der Waals surface area contributed by atoms with Gasteiger partial charge in [0.1, 0.15) is 29.5 Å². The van der Waals surface area contributed by atoms with Crippen molar-refractivity contribution in [1.29, 1.82) is 0 Å². The Morgan fingerprint density at radius 3 is 2.28 bits per heavy atom. The third-order valence-electron chi connectivity index (χ3n) is 13.6. The standard InChI is InChI=1S/C55H66F4N10O9S/c1-33-48(79-32-65-33)36-15-11-35(12-16-36)26-62-51(75)43-25-38(70)28-69(43)53(76)49(54(2,3)4)66-46(72)9-6-5-7-20-61-45(71)10-8-21-67-30-42(64-31-67)37-24-40(50(60)74)52(63-27-37)77-44-19-22-68(29-41(44)56)47(73)23-34-13-17-39(18-14-34)78-55(57,58)59/h11-18,24,27,30-32,38,41,43-44,49,70H,5-10,19-23,25-26,28-29H2,1-4H3,(H2,60,74)(H,61,71)(H,62,75)(H,66,72)/t38-,41-,43?,44-,49-/m1/s1. The molecule has 0 bridgehead atoms. The number of carbonyl (C=O) groups is 6. The lowest BCUT2D eigenvalue weighted by molar-refractivity contribution is -0.274. The number of rotatable bonds is 23. The summed E-state index contributed by atoms with van der Waals surface area (Å²) in [5, 5.41) is 19.3. The van der Waals surface area contributed by atoms with E-state index < -0.39 is 65.7 Å². The Hall–Kier alpha value is -7.47. The number of likely N-dealkylation sites (tertiary alicyclic amines) is 2. The van der Waals surface area contributed by atoms with E-state index in [0.717, 1.165) is 33.8 Å². The summed E-state index contributed by atoms with van der Waals surface area (Å²) in [6.07, 6.45) is -1.14. The smallest absolute Gasteiger partial charge is 0.471 e. The van der Waals surface area contributed by atoms with Crippen LogP contribution in [0.2, 0.25) is 0 Å². The third kappa shape index (κ3) is 16.8. The second-order valence-electron chi connectivity index (χ2n) is 20.8. The molecule has 0 radical (unpaired) electrons. The first kappa shape index (κ1) is 59.2. The molecule has 2 saturated heterocycles. The summed E-state index contributed by atoms with van der Waals surface area (Å²) in [6.45, 7) is 8.30. The van der Waals surface area contributed by atoms with Gasteiger partial charge in [-0.1, -0.05) is 63.6 Å². The fraction of sp³-hybridized carbons (Fsp3) is 0.473. The number of nitrogens with one attached hydrogen (secondary N) is 3. The maximum Gasteiger partial charge on any atom is 0.573 e. The maximum atomic E-state index is 15.4. The Bertz CT molecular complexity index is 2930. The molecule has 19 nitrogen and oxygen atoms in total. The fourth-order valence-electron chi connectivity index (χ4n) is 9.31. The number of hydrogen-bond acceptors (Lipinski definition) is 13. The van der Waals surface area contributed by atoms with Crippen LogP contribution in [0.4, 0.5) is 17.6 Å². The van der Waals surface area contributed by atoms with Crippen LogP contribution in [0.3, 0.4) is 0 Å². The lowest BCUT2D eigenvalue weighted by Crippen LogP contribution is -2.57. The summed E-state index contributed by atoms with van der Waals surface area (Å²) in [5.74, 6) is -3.21. The summed E-state index contributed by atoms with van der Waals surface area (Å²) >= 11 is 1.56. The summed E-state index contributed by atoms with van der Waals surface area (Å²) in [6, 6.07) is 12.2. The molecule has 0 spiro atoms. The van der Waals surface area contributed by atoms with Crippen molar-refractivity contribution in [2.45, 2.75) is 135 Å². The number of β-amino-alcohol motifs (C(OH)–C–C–N with tert-alkyl or cyclic N) is 1. The quantitative estimate of drug-likeness (QED) is 0.0362. The fourth-order valence-corrected chi connectivity index (χ4v) is 10.1. The molecular formula is C55H66F4N10O9S. The second-order valence-corrected chi connectivity index (χ2v) is 21.7. The van der Waals surface area contributed by atoms with E-state index in [0.29, 0.717) is 55.6 Å². The van der Waals surface area contributed by atoms with E-state index in [1.807, 2.05) is 52.0 Å². The molecule has 6 N–H and O–H groups in total. The van der Waals surface area contributed by atoms with Gasteiger partial charge >= 0.3 is 6.36 Å². The van der Waals surface area contributed by atoms with E-state index >= 15 is 4.39 Å². The van der Waals surface area contributed by atoms with E-state index in [1.54, 1.807) is 33.9 Å². The first-order chi connectivity index (χ1) is 37.5. The number of halogens is 4. The molecule has 2 aliphatic rings. The number of benzene rings is 2. The van der Waals surface area contributed by atoms with E-state index in [-0.39, 0.29) is 87.4 Å². The Morgan fingerprint density at radius 1 is 0.886 bits per heavy atom.